The second-order valence-electron chi connectivity index (χ2n) is 5.27. The number of nitrogens with one attached hydrogen (secondary N) is 1. The van der Waals surface area contributed by atoms with Crippen LogP contribution in [0.3, 0.4) is 0 Å². The summed E-state index contributed by atoms with van der Waals surface area (Å²) in [5.74, 6) is 1.08. The normalized spacial score (nSPS) is 16.6. The lowest BCUT2D eigenvalue weighted by Crippen LogP contribution is -2.46. The molecule has 0 spiro atoms. The molecule has 6 heteroatoms. The first-order chi connectivity index (χ1) is 9.70. The van der Waals surface area contributed by atoms with Crippen molar-refractivity contribution in [3.8, 4) is 0 Å². The summed E-state index contributed by atoms with van der Waals surface area (Å²) in [5.41, 5.74) is 8.21. The molecule has 0 amide bonds. The zero-order valence-electron chi connectivity index (χ0n) is 11.7. The van der Waals surface area contributed by atoms with E-state index in [9.17, 15) is 0 Å². The van der Waals surface area contributed by atoms with Crippen LogP contribution >= 0.6 is 0 Å². The van der Waals surface area contributed by atoms with Crippen molar-refractivity contribution in [1.82, 2.24) is 20.1 Å². The minimum atomic E-state index is 0.307. The average Bonchev–Trinajstić information content (AvgIpc) is 2.89. The number of rotatable bonds is 3. The quantitative estimate of drug-likeness (QED) is 0.872. The highest BCUT2D eigenvalue weighted by Gasteiger charge is 2.19. The number of aromatic nitrogens is 3. The summed E-state index contributed by atoms with van der Waals surface area (Å²) in [5, 5.41) is 6.74. The number of nitrogens with zero attached hydrogens (tertiary/aromatic N) is 4. The van der Waals surface area contributed by atoms with E-state index in [2.05, 4.69) is 56.2 Å². The van der Waals surface area contributed by atoms with E-state index >= 15 is 0 Å². The lowest BCUT2D eigenvalue weighted by atomic mass is 10.1. The van der Waals surface area contributed by atoms with Gasteiger partial charge in [-0.25, -0.2) is 5.10 Å². The van der Waals surface area contributed by atoms with Gasteiger partial charge in [-0.2, -0.15) is 4.98 Å². The molecule has 20 heavy (non-hydrogen) atoms. The van der Waals surface area contributed by atoms with Crippen LogP contribution in [0.2, 0.25) is 0 Å². The Morgan fingerprint density at radius 3 is 2.45 bits per heavy atom. The second-order valence-corrected chi connectivity index (χ2v) is 5.27. The zero-order valence-corrected chi connectivity index (χ0v) is 11.7. The Morgan fingerprint density at radius 1 is 1.15 bits per heavy atom. The number of hydrogen-bond donors (Lipinski definition) is 2. The lowest BCUT2D eigenvalue weighted by Gasteiger charge is -2.34. The van der Waals surface area contributed by atoms with Gasteiger partial charge in [0.25, 0.3) is 0 Å². The fourth-order valence-corrected chi connectivity index (χ4v) is 2.48. The molecule has 2 heterocycles. The highest BCUT2D eigenvalue weighted by Crippen LogP contribution is 2.13. The van der Waals surface area contributed by atoms with E-state index in [1.807, 2.05) is 0 Å². The minimum absolute atomic E-state index is 0.307. The van der Waals surface area contributed by atoms with E-state index < -0.39 is 0 Å². The molecule has 0 atom stereocenters. The van der Waals surface area contributed by atoms with Crippen molar-refractivity contribution < 1.29 is 0 Å². The number of aryl methyl sites for hydroxylation is 1. The number of nitrogen functional groups attached to an aromatic ring is 1. The molecule has 6 nitrogen and oxygen atoms in total. The van der Waals surface area contributed by atoms with Gasteiger partial charge in [-0.05, 0) is 12.5 Å². The third-order valence-electron chi connectivity index (χ3n) is 3.69. The Morgan fingerprint density at radius 2 is 1.85 bits per heavy atom. The number of aromatic amines is 1. The van der Waals surface area contributed by atoms with Gasteiger partial charge in [-0.3, -0.25) is 4.90 Å². The van der Waals surface area contributed by atoms with Gasteiger partial charge in [-0.15, -0.1) is 5.10 Å². The van der Waals surface area contributed by atoms with Crippen molar-refractivity contribution in [2.75, 3.05) is 36.8 Å². The van der Waals surface area contributed by atoms with Gasteiger partial charge in [-0.1, -0.05) is 29.8 Å². The fourth-order valence-electron chi connectivity index (χ4n) is 2.48. The van der Waals surface area contributed by atoms with Gasteiger partial charge in [0.05, 0.1) is 0 Å². The van der Waals surface area contributed by atoms with Gasteiger partial charge in [0, 0.05) is 32.7 Å². The number of H-pyrrole nitrogens is 1. The molecule has 1 aromatic carbocycles. The van der Waals surface area contributed by atoms with Crippen molar-refractivity contribution in [3.05, 3.63) is 35.4 Å². The highest BCUT2D eigenvalue weighted by molar-refractivity contribution is 5.34. The zero-order chi connectivity index (χ0) is 13.9. The SMILES string of the molecule is Cc1ccc(CN2CCN(c3nc(N)n[nH]3)CC2)cc1. The third kappa shape index (κ3) is 2.91. The summed E-state index contributed by atoms with van der Waals surface area (Å²) in [6.07, 6.45) is 0. The molecule has 1 fully saturated rings. The predicted molar refractivity (Wildman–Crippen MR) is 79.5 cm³/mol. The first-order valence-electron chi connectivity index (χ1n) is 6.91. The Bertz CT molecular complexity index is 553. The van der Waals surface area contributed by atoms with Gasteiger partial charge < -0.3 is 10.6 Å². The number of piperazine rings is 1. The van der Waals surface area contributed by atoms with Crippen LogP contribution < -0.4 is 10.6 Å². The van der Waals surface area contributed by atoms with Crippen LogP contribution in [0.4, 0.5) is 11.9 Å². The van der Waals surface area contributed by atoms with Crippen LogP contribution in [0.15, 0.2) is 24.3 Å². The van der Waals surface area contributed by atoms with Crippen LogP contribution in [0.25, 0.3) is 0 Å². The smallest absolute Gasteiger partial charge is 0.241 e. The Kier molecular flexibility index (Phi) is 3.56. The summed E-state index contributed by atoms with van der Waals surface area (Å²) in [4.78, 5) is 8.82. The Hall–Kier alpha value is -2.08. The van der Waals surface area contributed by atoms with Crippen LogP contribution in [0, 0.1) is 6.92 Å². The number of anilines is 2. The van der Waals surface area contributed by atoms with Crippen LogP contribution in [0.5, 0.6) is 0 Å². The molecule has 0 saturated carbocycles. The van der Waals surface area contributed by atoms with Crippen molar-refractivity contribution in [2.45, 2.75) is 13.5 Å². The van der Waals surface area contributed by atoms with Crippen LogP contribution in [-0.2, 0) is 6.54 Å². The van der Waals surface area contributed by atoms with Crippen molar-refractivity contribution in [2.24, 2.45) is 0 Å². The molecule has 1 aliphatic rings. The lowest BCUT2D eigenvalue weighted by molar-refractivity contribution is 0.249. The third-order valence-corrected chi connectivity index (χ3v) is 3.69. The minimum Gasteiger partial charge on any atom is -0.366 e. The summed E-state index contributed by atoms with van der Waals surface area (Å²) >= 11 is 0. The van der Waals surface area contributed by atoms with Crippen LogP contribution in [-0.4, -0.2) is 46.3 Å². The molecule has 0 aliphatic carbocycles. The maximum Gasteiger partial charge on any atom is 0.241 e. The summed E-state index contributed by atoms with van der Waals surface area (Å²) < 4.78 is 0. The van der Waals surface area contributed by atoms with Gasteiger partial charge in [0.15, 0.2) is 0 Å². The van der Waals surface area contributed by atoms with Gasteiger partial charge in [0.1, 0.15) is 0 Å². The molecule has 0 unspecified atom stereocenters. The fraction of sp³-hybridized carbons (Fsp3) is 0.429. The van der Waals surface area contributed by atoms with Crippen molar-refractivity contribution >= 4 is 11.9 Å². The Labute approximate surface area is 118 Å². The maximum atomic E-state index is 5.54. The van der Waals surface area contributed by atoms with E-state index in [-0.39, 0.29) is 0 Å². The first-order valence-corrected chi connectivity index (χ1v) is 6.91. The Balaban J connectivity index is 1.54. The monoisotopic (exact) mass is 272 g/mol. The van der Waals surface area contributed by atoms with Crippen molar-refractivity contribution in [1.29, 1.82) is 0 Å². The molecule has 0 bridgehead atoms. The maximum absolute atomic E-state index is 5.54. The second kappa shape index (κ2) is 5.50. The first kappa shape index (κ1) is 12.9. The van der Waals surface area contributed by atoms with E-state index in [0.29, 0.717) is 5.95 Å². The number of benzene rings is 1. The largest absolute Gasteiger partial charge is 0.366 e. The molecule has 1 aromatic heterocycles. The van der Waals surface area contributed by atoms with Gasteiger partial charge >= 0.3 is 0 Å². The van der Waals surface area contributed by atoms with Crippen molar-refractivity contribution in [3.63, 3.8) is 0 Å². The predicted octanol–water partition coefficient (Wildman–Crippen LogP) is 1.02. The molecule has 106 valence electrons. The number of hydrogen-bond acceptors (Lipinski definition) is 5. The van der Waals surface area contributed by atoms with E-state index in [1.165, 1.54) is 11.1 Å². The molecule has 1 aliphatic heterocycles. The van der Waals surface area contributed by atoms with Gasteiger partial charge in [0.2, 0.25) is 11.9 Å². The average molecular weight is 272 g/mol. The summed E-state index contributed by atoms with van der Waals surface area (Å²) in [6, 6.07) is 8.75. The van der Waals surface area contributed by atoms with E-state index in [1.54, 1.807) is 0 Å². The molecular weight excluding hydrogens is 252 g/mol. The highest BCUT2D eigenvalue weighted by atomic mass is 15.4. The van der Waals surface area contributed by atoms with E-state index in [4.69, 9.17) is 5.73 Å². The molecule has 2 aromatic rings. The molecule has 3 N–H and O–H groups in total. The molecule has 1 saturated heterocycles. The standard InChI is InChI=1S/C14H20N6/c1-11-2-4-12(5-3-11)10-19-6-8-20(9-7-19)14-16-13(15)17-18-14/h2-5H,6-10H2,1H3,(H3,15,16,17,18). The molecular formula is C14H20N6. The molecule has 3 rings (SSSR count). The number of nitrogens with two attached hydrogens (primary N) is 1. The van der Waals surface area contributed by atoms with Crippen LogP contribution in [0.1, 0.15) is 11.1 Å². The molecule has 0 radical (unpaired) electrons. The topological polar surface area (TPSA) is 74.1 Å². The summed E-state index contributed by atoms with van der Waals surface area (Å²) in [6.45, 7) is 7.06. The summed E-state index contributed by atoms with van der Waals surface area (Å²) in [7, 11) is 0. The van der Waals surface area contributed by atoms with E-state index in [0.717, 1.165) is 38.7 Å².